The van der Waals surface area contributed by atoms with E-state index in [9.17, 15) is 9.59 Å². The Morgan fingerprint density at radius 3 is 2.50 bits per heavy atom. The number of piperidine rings is 2. The van der Waals surface area contributed by atoms with E-state index in [1.807, 2.05) is 17.0 Å². The molecule has 0 saturated carbocycles. The average Bonchev–Trinajstić information content (AvgIpc) is 3.20. The van der Waals surface area contributed by atoms with Crippen molar-refractivity contribution in [2.24, 2.45) is 5.92 Å². The number of nitrogens with one attached hydrogen (secondary N) is 1. The fraction of sp³-hybridized carbons (Fsp3) is 0.700. The van der Waals surface area contributed by atoms with Gasteiger partial charge in [-0.15, -0.1) is 0 Å². The molecule has 1 aromatic heterocycles. The van der Waals surface area contributed by atoms with Crippen molar-refractivity contribution in [1.29, 1.82) is 0 Å². The summed E-state index contributed by atoms with van der Waals surface area (Å²) in [5.41, 5.74) is 0. The first kappa shape index (κ1) is 19.0. The largest absolute Gasteiger partial charge is 0.467 e. The van der Waals surface area contributed by atoms with Gasteiger partial charge in [0, 0.05) is 31.5 Å². The molecule has 6 nitrogen and oxygen atoms in total. The van der Waals surface area contributed by atoms with Crippen molar-refractivity contribution < 1.29 is 14.0 Å². The molecule has 26 heavy (non-hydrogen) atoms. The van der Waals surface area contributed by atoms with Crippen LogP contribution in [-0.4, -0.2) is 53.8 Å². The molecule has 2 amide bonds. The fourth-order valence-electron chi connectivity index (χ4n) is 4.11. The molecule has 1 N–H and O–H groups in total. The van der Waals surface area contributed by atoms with Gasteiger partial charge in [-0.05, 0) is 57.3 Å². The third-order valence-corrected chi connectivity index (χ3v) is 5.71. The topological polar surface area (TPSA) is 65.8 Å². The van der Waals surface area contributed by atoms with E-state index in [4.69, 9.17) is 4.42 Å². The third-order valence-electron chi connectivity index (χ3n) is 5.71. The van der Waals surface area contributed by atoms with Crippen molar-refractivity contribution in [1.82, 2.24) is 15.1 Å². The minimum absolute atomic E-state index is 0.104. The molecule has 2 aliphatic rings. The molecule has 3 rings (SSSR count). The average molecular weight is 361 g/mol. The minimum atomic E-state index is 0.104. The number of carbonyl (C=O) groups excluding carboxylic acids is 2. The molecule has 0 unspecified atom stereocenters. The summed E-state index contributed by atoms with van der Waals surface area (Å²) in [5, 5.41) is 2.98. The molecule has 6 heteroatoms. The summed E-state index contributed by atoms with van der Waals surface area (Å²) in [4.78, 5) is 28.9. The highest BCUT2D eigenvalue weighted by Crippen LogP contribution is 2.24. The second-order valence-electron chi connectivity index (χ2n) is 7.47. The van der Waals surface area contributed by atoms with E-state index >= 15 is 0 Å². The Labute approximate surface area is 155 Å². The fourth-order valence-corrected chi connectivity index (χ4v) is 4.11. The van der Waals surface area contributed by atoms with Crippen LogP contribution in [-0.2, 0) is 16.1 Å². The van der Waals surface area contributed by atoms with E-state index in [0.29, 0.717) is 24.9 Å². The van der Waals surface area contributed by atoms with Gasteiger partial charge in [0.05, 0.1) is 12.8 Å². The molecule has 144 valence electrons. The van der Waals surface area contributed by atoms with Crippen LogP contribution in [0.15, 0.2) is 22.8 Å². The van der Waals surface area contributed by atoms with Gasteiger partial charge in [0.2, 0.25) is 11.8 Å². The number of likely N-dealkylation sites (tertiary alicyclic amines) is 2. The highest BCUT2D eigenvalue weighted by atomic mass is 16.3. The van der Waals surface area contributed by atoms with Crippen LogP contribution >= 0.6 is 0 Å². The van der Waals surface area contributed by atoms with Crippen molar-refractivity contribution >= 4 is 11.8 Å². The van der Waals surface area contributed by atoms with Crippen molar-refractivity contribution in [3.05, 3.63) is 24.2 Å². The Morgan fingerprint density at radius 2 is 1.88 bits per heavy atom. The van der Waals surface area contributed by atoms with Crippen LogP contribution in [0.3, 0.4) is 0 Å². The third kappa shape index (κ3) is 4.87. The van der Waals surface area contributed by atoms with Crippen molar-refractivity contribution in [2.75, 3.05) is 26.2 Å². The van der Waals surface area contributed by atoms with Crippen LogP contribution in [0.2, 0.25) is 0 Å². The van der Waals surface area contributed by atoms with Gasteiger partial charge in [-0.25, -0.2) is 0 Å². The molecule has 0 radical (unpaired) electrons. The van der Waals surface area contributed by atoms with E-state index in [0.717, 1.165) is 64.0 Å². The smallest absolute Gasteiger partial charge is 0.223 e. The van der Waals surface area contributed by atoms with E-state index in [1.165, 1.54) is 0 Å². The number of carbonyl (C=O) groups is 2. The van der Waals surface area contributed by atoms with Crippen molar-refractivity contribution in [3.63, 3.8) is 0 Å². The molecule has 0 spiro atoms. The monoisotopic (exact) mass is 361 g/mol. The molecule has 3 heterocycles. The van der Waals surface area contributed by atoms with Gasteiger partial charge in [0.1, 0.15) is 5.76 Å². The summed E-state index contributed by atoms with van der Waals surface area (Å²) in [6.45, 7) is 6.24. The second-order valence-corrected chi connectivity index (χ2v) is 7.47. The van der Waals surface area contributed by atoms with E-state index in [1.54, 1.807) is 6.26 Å². The lowest BCUT2D eigenvalue weighted by Crippen LogP contribution is -2.50. The number of hydrogen-bond acceptors (Lipinski definition) is 4. The van der Waals surface area contributed by atoms with Gasteiger partial charge >= 0.3 is 0 Å². The summed E-state index contributed by atoms with van der Waals surface area (Å²) in [7, 11) is 0. The van der Waals surface area contributed by atoms with E-state index in [-0.39, 0.29) is 11.8 Å². The highest BCUT2D eigenvalue weighted by molar-refractivity contribution is 5.78. The summed E-state index contributed by atoms with van der Waals surface area (Å²) in [6, 6.07) is 4.27. The number of rotatable bonds is 6. The first-order valence-corrected chi connectivity index (χ1v) is 9.99. The standard InChI is InChI=1S/C20H31N3O3/c1-2-4-19(24)23-12-8-17(9-13-23)22-10-6-16(7-11-22)20(25)21-15-18-5-3-14-26-18/h3,5,14,16-17H,2,4,6-13,15H2,1H3,(H,21,25). The van der Waals surface area contributed by atoms with E-state index in [2.05, 4.69) is 17.1 Å². The van der Waals surface area contributed by atoms with Crippen LogP contribution in [0.5, 0.6) is 0 Å². The molecule has 0 aromatic carbocycles. The number of amides is 2. The predicted molar refractivity (Wildman–Crippen MR) is 99.4 cm³/mol. The van der Waals surface area contributed by atoms with E-state index < -0.39 is 0 Å². The van der Waals surface area contributed by atoms with Gasteiger partial charge in [-0.3, -0.25) is 9.59 Å². The lowest BCUT2D eigenvalue weighted by Gasteiger charge is -2.41. The van der Waals surface area contributed by atoms with Crippen LogP contribution in [0.25, 0.3) is 0 Å². The maximum Gasteiger partial charge on any atom is 0.223 e. The lowest BCUT2D eigenvalue weighted by molar-refractivity contribution is -0.133. The van der Waals surface area contributed by atoms with Crippen molar-refractivity contribution in [2.45, 2.75) is 58.0 Å². The molecule has 1 aromatic rings. The SMILES string of the molecule is CCCC(=O)N1CCC(N2CCC(C(=O)NCc3ccco3)CC2)CC1. The second kappa shape index (κ2) is 9.21. The van der Waals surface area contributed by atoms with Gasteiger partial charge in [0.15, 0.2) is 0 Å². The molecular weight excluding hydrogens is 330 g/mol. The Morgan fingerprint density at radius 1 is 1.15 bits per heavy atom. The number of nitrogens with zero attached hydrogens (tertiary/aromatic N) is 2. The summed E-state index contributed by atoms with van der Waals surface area (Å²) < 4.78 is 5.26. The molecule has 2 aliphatic heterocycles. The zero-order chi connectivity index (χ0) is 18.4. The number of furan rings is 1. The molecule has 0 atom stereocenters. The van der Waals surface area contributed by atoms with Gasteiger partial charge in [-0.2, -0.15) is 0 Å². The van der Waals surface area contributed by atoms with Crippen LogP contribution in [0, 0.1) is 5.92 Å². The summed E-state index contributed by atoms with van der Waals surface area (Å²) in [6.07, 6.45) is 7.17. The minimum Gasteiger partial charge on any atom is -0.467 e. The van der Waals surface area contributed by atoms with Crippen LogP contribution in [0.1, 0.15) is 51.2 Å². The first-order chi connectivity index (χ1) is 12.7. The maximum atomic E-state index is 12.3. The Kier molecular flexibility index (Phi) is 6.72. The summed E-state index contributed by atoms with van der Waals surface area (Å²) >= 11 is 0. The van der Waals surface area contributed by atoms with Gasteiger partial charge in [0.25, 0.3) is 0 Å². The molecule has 0 bridgehead atoms. The quantitative estimate of drug-likeness (QED) is 0.845. The Balaban J connectivity index is 1.37. The molecule has 0 aliphatic carbocycles. The molecule has 2 fully saturated rings. The predicted octanol–water partition coefficient (Wildman–Crippen LogP) is 2.40. The maximum absolute atomic E-state index is 12.3. The molecule has 2 saturated heterocycles. The summed E-state index contributed by atoms with van der Waals surface area (Å²) in [5.74, 6) is 1.34. The van der Waals surface area contributed by atoms with Crippen LogP contribution < -0.4 is 5.32 Å². The number of hydrogen-bond donors (Lipinski definition) is 1. The van der Waals surface area contributed by atoms with Crippen LogP contribution in [0.4, 0.5) is 0 Å². The Bertz CT molecular complexity index is 571. The zero-order valence-electron chi connectivity index (χ0n) is 15.8. The highest BCUT2D eigenvalue weighted by Gasteiger charge is 2.31. The Hall–Kier alpha value is -1.82. The van der Waals surface area contributed by atoms with Gasteiger partial charge in [-0.1, -0.05) is 6.92 Å². The zero-order valence-corrected chi connectivity index (χ0v) is 15.8. The molecular formula is C20H31N3O3. The van der Waals surface area contributed by atoms with Gasteiger partial charge < -0.3 is 19.5 Å². The van der Waals surface area contributed by atoms with Crippen molar-refractivity contribution in [3.8, 4) is 0 Å². The normalized spacial score (nSPS) is 20.3. The lowest BCUT2D eigenvalue weighted by atomic mass is 9.92. The first-order valence-electron chi connectivity index (χ1n) is 9.99.